The molecule has 0 spiro atoms. The molecule has 0 saturated heterocycles. The lowest BCUT2D eigenvalue weighted by Gasteiger charge is -2.30. The summed E-state index contributed by atoms with van der Waals surface area (Å²) >= 11 is 0. The SMILES string of the molecule is CCC(CC)n1ccc(CC(C)(C)CNC(C)(C)C)n1. The van der Waals surface area contributed by atoms with E-state index in [0.29, 0.717) is 6.04 Å². The van der Waals surface area contributed by atoms with Crippen LogP contribution in [-0.4, -0.2) is 21.9 Å². The summed E-state index contributed by atoms with van der Waals surface area (Å²) in [5.74, 6) is 0. The standard InChI is InChI=1S/C17H33N3/c1-8-15(9-2)20-11-10-14(19-20)12-17(6,7)13-18-16(3,4)5/h10-11,15,18H,8-9,12-13H2,1-7H3. The molecule has 0 amide bonds. The lowest BCUT2D eigenvalue weighted by Crippen LogP contribution is -2.42. The zero-order valence-corrected chi connectivity index (χ0v) is 14.5. The maximum Gasteiger partial charge on any atom is 0.0630 e. The van der Waals surface area contributed by atoms with E-state index < -0.39 is 0 Å². The summed E-state index contributed by atoms with van der Waals surface area (Å²) in [4.78, 5) is 0. The monoisotopic (exact) mass is 279 g/mol. The van der Waals surface area contributed by atoms with Gasteiger partial charge >= 0.3 is 0 Å². The quantitative estimate of drug-likeness (QED) is 0.810. The van der Waals surface area contributed by atoms with Gasteiger partial charge in [-0.2, -0.15) is 5.10 Å². The molecule has 0 unspecified atom stereocenters. The first-order chi connectivity index (χ1) is 9.17. The molecule has 20 heavy (non-hydrogen) atoms. The van der Waals surface area contributed by atoms with Gasteiger partial charge in [-0.3, -0.25) is 4.68 Å². The molecule has 1 N–H and O–H groups in total. The molecular weight excluding hydrogens is 246 g/mol. The first kappa shape index (κ1) is 17.2. The number of nitrogens with zero attached hydrogens (tertiary/aromatic N) is 2. The molecule has 0 aliphatic rings. The summed E-state index contributed by atoms with van der Waals surface area (Å²) in [5, 5.41) is 8.37. The van der Waals surface area contributed by atoms with Gasteiger partial charge in [0.25, 0.3) is 0 Å². The van der Waals surface area contributed by atoms with Gasteiger partial charge in [-0.15, -0.1) is 0 Å². The molecule has 0 aromatic carbocycles. The smallest absolute Gasteiger partial charge is 0.0630 e. The van der Waals surface area contributed by atoms with Gasteiger partial charge in [0.05, 0.1) is 11.7 Å². The van der Waals surface area contributed by atoms with E-state index in [1.807, 2.05) is 0 Å². The van der Waals surface area contributed by atoms with Crippen molar-refractivity contribution in [3.05, 3.63) is 18.0 Å². The van der Waals surface area contributed by atoms with Gasteiger partial charge in [-0.05, 0) is 51.5 Å². The van der Waals surface area contributed by atoms with Gasteiger partial charge in [-0.25, -0.2) is 0 Å². The Morgan fingerprint density at radius 3 is 2.25 bits per heavy atom. The third-order valence-corrected chi connectivity index (χ3v) is 3.74. The molecule has 0 aliphatic carbocycles. The highest BCUT2D eigenvalue weighted by Crippen LogP contribution is 2.22. The van der Waals surface area contributed by atoms with Crippen molar-refractivity contribution in [1.82, 2.24) is 15.1 Å². The third-order valence-electron chi connectivity index (χ3n) is 3.74. The highest BCUT2D eigenvalue weighted by Gasteiger charge is 2.22. The van der Waals surface area contributed by atoms with Crippen LogP contribution in [0, 0.1) is 5.41 Å². The molecule has 116 valence electrons. The molecule has 3 nitrogen and oxygen atoms in total. The molecule has 1 rings (SSSR count). The van der Waals surface area contributed by atoms with Gasteiger partial charge in [0.1, 0.15) is 0 Å². The van der Waals surface area contributed by atoms with Crippen LogP contribution >= 0.6 is 0 Å². The van der Waals surface area contributed by atoms with E-state index in [0.717, 1.165) is 25.8 Å². The van der Waals surface area contributed by atoms with Crippen LogP contribution in [0.1, 0.15) is 73.0 Å². The first-order valence-corrected chi connectivity index (χ1v) is 7.96. The van der Waals surface area contributed by atoms with E-state index in [2.05, 4.69) is 70.7 Å². The Hall–Kier alpha value is -0.830. The Morgan fingerprint density at radius 1 is 1.15 bits per heavy atom. The summed E-state index contributed by atoms with van der Waals surface area (Å²) < 4.78 is 2.14. The lowest BCUT2D eigenvalue weighted by atomic mass is 9.87. The first-order valence-electron chi connectivity index (χ1n) is 7.96. The average Bonchev–Trinajstić information content (AvgIpc) is 2.75. The second kappa shape index (κ2) is 6.75. The Morgan fingerprint density at radius 2 is 1.75 bits per heavy atom. The fraction of sp³-hybridized carbons (Fsp3) is 0.824. The Bertz CT molecular complexity index is 395. The van der Waals surface area contributed by atoms with Crippen LogP contribution < -0.4 is 5.32 Å². The second-order valence-electron chi connectivity index (χ2n) is 7.70. The summed E-state index contributed by atoms with van der Waals surface area (Å²) in [7, 11) is 0. The minimum absolute atomic E-state index is 0.173. The number of hydrogen-bond donors (Lipinski definition) is 1. The van der Waals surface area contributed by atoms with Gasteiger partial charge in [0, 0.05) is 18.3 Å². The summed E-state index contributed by atoms with van der Waals surface area (Å²) in [6.07, 6.45) is 5.45. The Kier molecular flexibility index (Phi) is 5.81. The molecule has 1 aromatic heterocycles. The van der Waals surface area contributed by atoms with Crippen molar-refractivity contribution < 1.29 is 0 Å². The Labute approximate surface area is 125 Å². The van der Waals surface area contributed by atoms with Gasteiger partial charge in [0.2, 0.25) is 0 Å². The van der Waals surface area contributed by atoms with E-state index in [-0.39, 0.29) is 11.0 Å². The van der Waals surface area contributed by atoms with E-state index in [1.165, 1.54) is 5.69 Å². The largest absolute Gasteiger partial charge is 0.312 e. The summed E-state index contributed by atoms with van der Waals surface area (Å²) in [6, 6.07) is 2.72. The highest BCUT2D eigenvalue weighted by molar-refractivity contribution is 5.03. The minimum Gasteiger partial charge on any atom is -0.312 e. The number of rotatable bonds is 7. The molecule has 3 heteroatoms. The highest BCUT2D eigenvalue weighted by atomic mass is 15.3. The summed E-state index contributed by atoms with van der Waals surface area (Å²) in [5.41, 5.74) is 1.60. The molecule has 0 aliphatic heterocycles. The predicted octanol–water partition coefficient (Wildman–Crippen LogP) is 4.20. The number of aromatic nitrogens is 2. The van der Waals surface area contributed by atoms with Crippen molar-refractivity contribution in [3.63, 3.8) is 0 Å². The van der Waals surface area contributed by atoms with E-state index in [4.69, 9.17) is 5.10 Å². The maximum atomic E-state index is 4.77. The number of hydrogen-bond acceptors (Lipinski definition) is 2. The molecule has 0 fully saturated rings. The van der Waals surface area contributed by atoms with Crippen LogP contribution in [0.4, 0.5) is 0 Å². The average molecular weight is 279 g/mol. The van der Waals surface area contributed by atoms with Crippen molar-refractivity contribution in [2.24, 2.45) is 5.41 Å². The van der Waals surface area contributed by atoms with Gasteiger partial charge in [0.15, 0.2) is 0 Å². The molecule has 1 aromatic rings. The lowest BCUT2D eigenvalue weighted by molar-refractivity contribution is 0.285. The number of nitrogens with one attached hydrogen (secondary N) is 1. The van der Waals surface area contributed by atoms with Gasteiger partial charge in [-0.1, -0.05) is 27.7 Å². The van der Waals surface area contributed by atoms with Crippen molar-refractivity contribution in [2.45, 2.75) is 79.3 Å². The molecule has 0 saturated carbocycles. The Balaban J connectivity index is 2.63. The zero-order valence-electron chi connectivity index (χ0n) is 14.5. The van der Waals surface area contributed by atoms with Crippen LogP contribution in [-0.2, 0) is 6.42 Å². The van der Waals surface area contributed by atoms with Crippen molar-refractivity contribution in [1.29, 1.82) is 0 Å². The maximum absolute atomic E-state index is 4.77. The van der Waals surface area contributed by atoms with Crippen LogP contribution in [0.5, 0.6) is 0 Å². The third kappa shape index (κ3) is 5.66. The van der Waals surface area contributed by atoms with Crippen molar-refractivity contribution >= 4 is 0 Å². The van der Waals surface area contributed by atoms with E-state index >= 15 is 0 Å². The normalized spacial score (nSPS) is 13.2. The van der Waals surface area contributed by atoms with Crippen LogP contribution in [0.2, 0.25) is 0 Å². The predicted molar refractivity (Wildman–Crippen MR) is 87.1 cm³/mol. The zero-order chi connectivity index (χ0) is 15.4. The molecular formula is C17H33N3. The van der Waals surface area contributed by atoms with E-state index in [1.54, 1.807) is 0 Å². The fourth-order valence-corrected chi connectivity index (χ4v) is 2.40. The van der Waals surface area contributed by atoms with Crippen molar-refractivity contribution in [3.8, 4) is 0 Å². The fourth-order valence-electron chi connectivity index (χ4n) is 2.40. The second-order valence-corrected chi connectivity index (χ2v) is 7.70. The molecule has 0 bridgehead atoms. The minimum atomic E-state index is 0.173. The van der Waals surface area contributed by atoms with Gasteiger partial charge < -0.3 is 5.32 Å². The van der Waals surface area contributed by atoms with Crippen LogP contribution in [0.15, 0.2) is 12.3 Å². The van der Waals surface area contributed by atoms with Crippen molar-refractivity contribution in [2.75, 3.05) is 6.54 Å². The van der Waals surface area contributed by atoms with Crippen LogP contribution in [0.25, 0.3) is 0 Å². The van der Waals surface area contributed by atoms with Crippen LogP contribution in [0.3, 0.4) is 0 Å². The topological polar surface area (TPSA) is 29.9 Å². The molecule has 1 heterocycles. The van der Waals surface area contributed by atoms with E-state index in [9.17, 15) is 0 Å². The molecule has 0 radical (unpaired) electrons. The molecule has 0 atom stereocenters. The summed E-state index contributed by atoms with van der Waals surface area (Å²) in [6.45, 7) is 16.7.